The topological polar surface area (TPSA) is 65.2 Å². The summed E-state index contributed by atoms with van der Waals surface area (Å²) in [4.78, 5) is 15.0. The van der Waals surface area contributed by atoms with Gasteiger partial charge in [-0.25, -0.2) is 4.98 Å². The summed E-state index contributed by atoms with van der Waals surface area (Å²) in [6.45, 7) is 3.24. The lowest BCUT2D eigenvalue weighted by Crippen LogP contribution is -2.04. The molecule has 0 bridgehead atoms. The summed E-state index contributed by atoms with van der Waals surface area (Å²) in [5, 5.41) is 0.548. The highest BCUT2D eigenvalue weighted by Gasteiger charge is 2.10. The van der Waals surface area contributed by atoms with Gasteiger partial charge in [0.25, 0.3) is 0 Å². The van der Waals surface area contributed by atoms with Crippen molar-refractivity contribution >= 4 is 32.7 Å². The van der Waals surface area contributed by atoms with Crippen LogP contribution in [0, 0.1) is 0 Å². The zero-order valence-corrected chi connectivity index (χ0v) is 9.88. The Morgan fingerprint density at radius 1 is 1.56 bits per heavy atom. The molecule has 0 saturated heterocycles. The van der Waals surface area contributed by atoms with Gasteiger partial charge in [0.15, 0.2) is 5.13 Å². The number of carbonyl (C=O) groups is 1. The average molecular weight is 236 g/mol. The fourth-order valence-electron chi connectivity index (χ4n) is 1.53. The minimum absolute atomic E-state index is 0.245. The molecule has 0 fully saturated rings. The smallest absolute Gasteiger partial charge is 0.303 e. The zero-order chi connectivity index (χ0) is 11.7. The fourth-order valence-corrected chi connectivity index (χ4v) is 2.31. The van der Waals surface area contributed by atoms with Crippen LogP contribution in [0.2, 0.25) is 0 Å². The SMILES string of the molecule is CC(=O)OC(C)c1ccc2nc(N)sc2c1. The number of thiazole rings is 1. The molecular formula is C11H12N2O2S. The number of benzene rings is 1. The number of nitrogens with zero attached hydrogens (tertiary/aromatic N) is 1. The van der Waals surface area contributed by atoms with Gasteiger partial charge >= 0.3 is 5.97 Å². The summed E-state index contributed by atoms with van der Waals surface area (Å²) >= 11 is 1.43. The number of aromatic nitrogens is 1. The number of anilines is 1. The molecule has 0 saturated carbocycles. The predicted molar refractivity (Wildman–Crippen MR) is 64.2 cm³/mol. The molecule has 0 aliphatic carbocycles. The molecule has 16 heavy (non-hydrogen) atoms. The summed E-state index contributed by atoms with van der Waals surface area (Å²) in [5.41, 5.74) is 7.45. The monoisotopic (exact) mass is 236 g/mol. The Bertz CT molecular complexity index is 536. The number of ether oxygens (including phenoxy) is 1. The molecule has 1 aromatic heterocycles. The van der Waals surface area contributed by atoms with Gasteiger partial charge in [-0.1, -0.05) is 17.4 Å². The minimum Gasteiger partial charge on any atom is -0.458 e. The molecular weight excluding hydrogens is 224 g/mol. The number of fused-ring (bicyclic) bond motifs is 1. The van der Waals surface area contributed by atoms with Crippen molar-refractivity contribution in [1.29, 1.82) is 0 Å². The van der Waals surface area contributed by atoms with Gasteiger partial charge in [-0.3, -0.25) is 4.79 Å². The molecule has 1 unspecified atom stereocenters. The molecule has 1 atom stereocenters. The molecule has 1 aromatic carbocycles. The fraction of sp³-hybridized carbons (Fsp3) is 0.273. The van der Waals surface area contributed by atoms with E-state index < -0.39 is 0 Å². The van der Waals surface area contributed by atoms with Crippen LogP contribution in [0.4, 0.5) is 5.13 Å². The second kappa shape index (κ2) is 4.09. The third-order valence-corrected chi connectivity index (χ3v) is 3.09. The first kappa shape index (κ1) is 10.9. The summed E-state index contributed by atoms with van der Waals surface area (Å²) in [5.74, 6) is -0.281. The van der Waals surface area contributed by atoms with Gasteiger partial charge in [-0.15, -0.1) is 0 Å². The molecule has 0 spiro atoms. The van der Waals surface area contributed by atoms with E-state index >= 15 is 0 Å². The van der Waals surface area contributed by atoms with E-state index in [0.717, 1.165) is 15.8 Å². The van der Waals surface area contributed by atoms with Gasteiger partial charge in [-0.05, 0) is 24.6 Å². The van der Waals surface area contributed by atoms with Crippen molar-refractivity contribution < 1.29 is 9.53 Å². The van der Waals surface area contributed by atoms with E-state index in [-0.39, 0.29) is 12.1 Å². The maximum atomic E-state index is 10.8. The normalized spacial score (nSPS) is 12.6. The molecule has 2 aromatic rings. The highest BCUT2D eigenvalue weighted by atomic mass is 32.1. The first-order valence-electron chi connectivity index (χ1n) is 4.89. The molecule has 84 valence electrons. The molecule has 5 heteroatoms. The quantitative estimate of drug-likeness (QED) is 0.814. The third-order valence-electron chi connectivity index (χ3n) is 2.24. The van der Waals surface area contributed by atoms with Crippen LogP contribution in [0.25, 0.3) is 10.2 Å². The van der Waals surface area contributed by atoms with Crippen LogP contribution in [0.3, 0.4) is 0 Å². The van der Waals surface area contributed by atoms with E-state index in [1.54, 1.807) is 0 Å². The molecule has 0 radical (unpaired) electrons. The van der Waals surface area contributed by atoms with Crippen LogP contribution in [0.15, 0.2) is 18.2 Å². The van der Waals surface area contributed by atoms with Crippen LogP contribution >= 0.6 is 11.3 Å². The highest BCUT2D eigenvalue weighted by Crippen LogP contribution is 2.27. The molecule has 0 aliphatic heterocycles. The first-order valence-corrected chi connectivity index (χ1v) is 5.71. The first-order chi connectivity index (χ1) is 7.56. The van der Waals surface area contributed by atoms with Crippen LogP contribution in [-0.4, -0.2) is 11.0 Å². The minimum atomic E-state index is -0.281. The van der Waals surface area contributed by atoms with Crippen molar-refractivity contribution in [2.24, 2.45) is 0 Å². The van der Waals surface area contributed by atoms with Gasteiger partial charge in [0, 0.05) is 6.92 Å². The van der Waals surface area contributed by atoms with E-state index in [4.69, 9.17) is 10.5 Å². The summed E-state index contributed by atoms with van der Waals surface area (Å²) in [6.07, 6.45) is -0.245. The third kappa shape index (κ3) is 2.14. The van der Waals surface area contributed by atoms with Crippen molar-refractivity contribution in [3.63, 3.8) is 0 Å². The Hall–Kier alpha value is -1.62. The maximum Gasteiger partial charge on any atom is 0.303 e. The second-order valence-electron chi connectivity index (χ2n) is 3.53. The average Bonchev–Trinajstić information content (AvgIpc) is 2.55. The number of esters is 1. The van der Waals surface area contributed by atoms with Crippen molar-refractivity contribution in [2.45, 2.75) is 20.0 Å². The van der Waals surface area contributed by atoms with Crippen LogP contribution < -0.4 is 5.73 Å². The lowest BCUT2D eigenvalue weighted by Gasteiger charge is -2.11. The zero-order valence-electron chi connectivity index (χ0n) is 9.06. The van der Waals surface area contributed by atoms with E-state index in [1.165, 1.54) is 18.3 Å². The van der Waals surface area contributed by atoms with Gasteiger partial charge in [-0.2, -0.15) is 0 Å². The largest absolute Gasteiger partial charge is 0.458 e. The predicted octanol–water partition coefficient (Wildman–Crippen LogP) is 2.50. The Morgan fingerprint density at radius 3 is 3.00 bits per heavy atom. The molecule has 2 rings (SSSR count). The number of hydrogen-bond donors (Lipinski definition) is 1. The number of hydrogen-bond acceptors (Lipinski definition) is 5. The molecule has 0 amide bonds. The van der Waals surface area contributed by atoms with E-state index in [2.05, 4.69) is 4.98 Å². The van der Waals surface area contributed by atoms with E-state index in [0.29, 0.717) is 5.13 Å². The van der Waals surface area contributed by atoms with Crippen molar-refractivity contribution in [2.75, 3.05) is 5.73 Å². The Labute approximate surface area is 97.0 Å². The summed E-state index contributed by atoms with van der Waals surface area (Å²) in [6, 6.07) is 5.74. The summed E-state index contributed by atoms with van der Waals surface area (Å²) < 4.78 is 6.11. The van der Waals surface area contributed by atoms with Crippen LogP contribution in [-0.2, 0) is 9.53 Å². The Morgan fingerprint density at radius 2 is 2.31 bits per heavy atom. The Balaban J connectivity index is 2.34. The van der Waals surface area contributed by atoms with Gasteiger partial charge < -0.3 is 10.5 Å². The molecule has 1 heterocycles. The van der Waals surface area contributed by atoms with Gasteiger partial charge in [0.2, 0.25) is 0 Å². The van der Waals surface area contributed by atoms with E-state index in [9.17, 15) is 4.79 Å². The second-order valence-corrected chi connectivity index (χ2v) is 4.59. The standard InChI is InChI=1S/C11H12N2O2S/c1-6(15-7(2)14)8-3-4-9-10(5-8)16-11(12)13-9/h3-6H,1-2H3,(H2,12,13). The number of nitrogens with two attached hydrogens (primary N) is 1. The number of carbonyl (C=O) groups excluding carboxylic acids is 1. The van der Waals surface area contributed by atoms with Gasteiger partial charge in [0.1, 0.15) is 6.10 Å². The highest BCUT2D eigenvalue weighted by molar-refractivity contribution is 7.22. The van der Waals surface area contributed by atoms with Crippen LogP contribution in [0.5, 0.6) is 0 Å². The van der Waals surface area contributed by atoms with Crippen molar-refractivity contribution in [3.8, 4) is 0 Å². The Kier molecular flexibility index (Phi) is 2.78. The molecule has 4 nitrogen and oxygen atoms in total. The number of nitrogen functional groups attached to an aromatic ring is 1. The lowest BCUT2D eigenvalue weighted by molar-refractivity contribution is -0.145. The summed E-state index contributed by atoms with van der Waals surface area (Å²) in [7, 11) is 0. The van der Waals surface area contributed by atoms with E-state index in [1.807, 2.05) is 25.1 Å². The van der Waals surface area contributed by atoms with Crippen LogP contribution in [0.1, 0.15) is 25.5 Å². The van der Waals surface area contributed by atoms with Gasteiger partial charge in [0.05, 0.1) is 10.2 Å². The lowest BCUT2D eigenvalue weighted by atomic mass is 10.1. The molecule has 0 aliphatic rings. The molecule has 2 N–H and O–H groups in total. The number of rotatable bonds is 2. The maximum absolute atomic E-state index is 10.8. The van der Waals surface area contributed by atoms with Crippen molar-refractivity contribution in [3.05, 3.63) is 23.8 Å². The van der Waals surface area contributed by atoms with Crippen molar-refractivity contribution in [1.82, 2.24) is 4.98 Å².